The molecule has 1 amide bonds. The Hall–Kier alpha value is -0.610. The minimum atomic E-state index is -0.289. The van der Waals surface area contributed by atoms with Crippen LogP contribution in [0.3, 0.4) is 0 Å². The van der Waals surface area contributed by atoms with Crippen molar-refractivity contribution in [2.24, 2.45) is 0 Å². The predicted molar refractivity (Wildman–Crippen MR) is 59.6 cm³/mol. The van der Waals surface area contributed by atoms with Crippen LogP contribution in [0.1, 0.15) is 32.6 Å². The van der Waals surface area contributed by atoms with E-state index < -0.39 is 0 Å². The van der Waals surface area contributed by atoms with Gasteiger partial charge in [0.25, 0.3) is 0 Å². The molecule has 0 saturated carbocycles. The molecule has 0 aliphatic carbocycles. The van der Waals surface area contributed by atoms with E-state index in [0.29, 0.717) is 19.5 Å². The second kappa shape index (κ2) is 6.80. The van der Waals surface area contributed by atoms with Gasteiger partial charge >= 0.3 is 0 Å². The van der Waals surface area contributed by atoms with Gasteiger partial charge in [0.15, 0.2) is 0 Å². The van der Waals surface area contributed by atoms with Gasteiger partial charge in [-0.1, -0.05) is 0 Å². The minimum Gasteiger partial charge on any atom is -0.393 e. The molecule has 4 heteroatoms. The summed E-state index contributed by atoms with van der Waals surface area (Å²) in [6.07, 6.45) is 3.94. The van der Waals surface area contributed by atoms with Crippen molar-refractivity contribution in [1.29, 1.82) is 0 Å². The van der Waals surface area contributed by atoms with Crippen LogP contribution in [-0.4, -0.2) is 48.2 Å². The Kier molecular flexibility index (Phi) is 5.65. The number of aliphatic hydroxyl groups is 1. The molecule has 1 atom stereocenters. The number of hydrogen-bond donors (Lipinski definition) is 2. The van der Waals surface area contributed by atoms with Gasteiger partial charge in [-0.05, 0) is 39.2 Å². The molecule has 0 spiro atoms. The van der Waals surface area contributed by atoms with Gasteiger partial charge in [-0.15, -0.1) is 0 Å². The molecule has 0 aromatic carbocycles. The third-order valence-corrected chi connectivity index (χ3v) is 2.72. The first-order valence-electron chi connectivity index (χ1n) is 5.86. The van der Waals surface area contributed by atoms with Crippen molar-refractivity contribution in [2.45, 2.75) is 38.7 Å². The number of carbonyl (C=O) groups excluding carboxylic acids is 1. The quantitative estimate of drug-likeness (QED) is 0.650. The molecule has 88 valence electrons. The highest BCUT2D eigenvalue weighted by Crippen LogP contribution is 2.08. The van der Waals surface area contributed by atoms with Gasteiger partial charge in [-0.3, -0.25) is 4.79 Å². The first-order valence-corrected chi connectivity index (χ1v) is 5.86. The first kappa shape index (κ1) is 12.5. The fourth-order valence-electron chi connectivity index (χ4n) is 1.76. The van der Waals surface area contributed by atoms with Crippen LogP contribution in [-0.2, 0) is 4.79 Å². The maximum atomic E-state index is 11.6. The zero-order chi connectivity index (χ0) is 11.1. The van der Waals surface area contributed by atoms with Gasteiger partial charge in [-0.2, -0.15) is 0 Å². The highest BCUT2D eigenvalue weighted by molar-refractivity contribution is 5.78. The summed E-state index contributed by atoms with van der Waals surface area (Å²) in [6.45, 7) is 4.70. The lowest BCUT2D eigenvalue weighted by Gasteiger charge is -2.26. The Bertz CT molecular complexity index is 189. The van der Waals surface area contributed by atoms with Crippen LogP contribution in [0.2, 0.25) is 0 Å². The van der Waals surface area contributed by atoms with Crippen LogP contribution < -0.4 is 5.32 Å². The molecular formula is C11H22N2O2. The molecule has 1 aliphatic rings. The average Bonchev–Trinajstić information content (AvgIpc) is 2.25. The summed E-state index contributed by atoms with van der Waals surface area (Å²) in [4.78, 5) is 13.6. The molecule has 1 saturated heterocycles. The summed E-state index contributed by atoms with van der Waals surface area (Å²) in [5, 5.41) is 12.1. The maximum absolute atomic E-state index is 11.6. The topological polar surface area (TPSA) is 52.6 Å². The molecule has 0 aromatic rings. The summed E-state index contributed by atoms with van der Waals surface area (Å²) in [7, 11) is 0. The fourth-order valence-corrected chi connectivity index (χ4v) is 1.76. The molecule has 1 heterocycles. The lowest BCUT2D eigenvalue weighted by Crippen LogP contribution is -2.41. The van der Waals surface area contributed by atoms with Crippen LogP contribution in [0.5, 0.6) is 0 Å². The van der Waals surface area contributed by atoms with Gasteiger partial charge < -0.3 is 15.3 Å². The zero-order valence-electron chi connectivity index (χ0n) is 9.54. The van der Waals surface area contributed by atoms with Crippen LogP contribution in [0.4, 0.5) is 0 Å². The van der Waals surface area contributed by atoms with Crippen LogP contribution in [0.15, 0.2) is 0 Å². The van der Waals surface area contributed by atoms with E-state index in [1.165, 1.54) is 6.42 Å². The zero-order valence-corrected chi connectivity index (χ0v) is 9.54. The van der Waals surface area contributed by atoms with E-state index in [1.807, 2.05) is 4.90 Å². The summed E-state index contributed by atoms with van der Waals surface area (Å²) < 4.78 is 0. The third-order valence-electron chi connectivity index (χ3n) is 2.72. The number of nitrogens with zero attached hydrogens (tertiary/aromatic N) is 1. The Morgan fingerprint density at radius 3 is 2.67 bits per heavy atom. The van der Waals surface area contributed by atoms with Crippen LogP contribution in [0, 0.1) is 0 Å². The Balaban J connectivity index is 2.07. The Morgan fingerprint density at radius 1 is 1.40 bits per heavy atom. The maximum Gasteiger partial charge on any atom is 0.236 e. The second-order valence-electron chi connectivity index (χ2n) is 4.26. The number of carbonyl (C=O) groups is 1. The van der Waals surface area contributed by atoms with Crippen molar-refractivity contribution in [3.05, 3.63) is 0 Å². The molecule has 1 rings (SSSR count). The fraction of sp³-hybridized carbons (Fsp3) is 0.909. The summed E-state index contributed by atoms with van der Waals surface area (Å²) in [6, 6.07) is 0. The van der Waals surface area contributed by atoms with Crippen molar-refractivity contribution in [2.75, 3.05) is 26.2 Å². The monoisotopic (exact) mass is 214 g/mol. The molecule has 15 heavy (non-hydrogen) atoms. The van der Waals surface area contributed by atoms with E-state index in [9.17, 15) is 4.79 Å². The van der Waals surface area contributed by atoms with E-state index in [4.69, 9.17) is 5.11 Å². The van der Waals surface area contributed by atoms with E-state index in [-0.39, 0.29) is 12.0 Å². The van der Waals surface area contributed by atoms with Crippen molar-refractivity contribution in [3.8, 4) is 0 Å². The number of nitrogens with one attached hydrogen (secondary N) is 1. The van der Waals surface area contributed by atoms with E-state index in [2.05, 4.69) is 5.32 Å². The highest BCUT2D eigenvalue weighted by Gasteiger charge is 2.15. The van der Waals surface area contributed by atoms with Gasteiger partial charge in [0.2, 0.25) is 5.91 Å². The van der Waals surface area contributed by atoms with Crippen molar-refractivity contribution < 1.29 is 9.90 Å². The highest BCUT2D eigenvalue weighted by atomic mass is 16.3. The van der Waals surface area contributed by atoms with Crippen molar-refractivity contribution in [3.63, 3.8) is 0 Å². The molecule has 2 N–H and O–H groups in total. The van der Waals surface area contributed by atoms with E-state index in [0.717, 1.165) is 25.9 Å². The standard InChI is InChI=1S/C11H22N2O2/c1-10(14)5-6-12-9-11(15)13-7-3-2-4-8-13/h10,12,14H,2-9H2,1H3. The molecule has 4 nitrogen and oxygen atoms in total. The largest absolute Gasteiger partial charge is 0.393 e. The second-order valence-corrected chi connectivity index (χ2v) is 4.26. The van der Waals surface area contributed by atoms with Gasteiger partial charge in [0.05, 0.1) is 12.6 Å². The lowest BCUT2D eigenvalue weighted by atomic mass is 10.1. The normalized spacial score (nSPS) is 18.9. The summed E-state index contributed by atoms with van der Waals surface area (Å²) in [5.74, 6) is 0.195. The summed E-state index contributed by atoms with van der Waals surface area (Å²) in [5.41, 5.74) is 0. The van der Waals surface area contributed by atoms with Crippen LogP contribution >= 0.6 is 0 Å². The van der Waals surface area contributed by atoms with Gasteiger partial charge in [-0.25, -0.2) is 0 Å². The van der Waals surface area contributed by atoms with Gasteiger partial charge in [0.1, 0.15) is 0 Å². The SMILES string of the molecule is CC(O)CCNCC(=O)N1CCCCC1. The van der Waals surface area contributed by atoms with Crippen LogP contribution in [0.25, 0.3) is 0 Å². The minimum absolute atomic E-state index is 0.195. The predicted octanol–water partition coefficient (Wildman–Crippen LogP) is 0.359. The molecule has 1 unspecified atom stereocenters. The first-order chi connectivity index (χ1) is 7.20. The number of rotatable bonds is 5. The third kappa shape index (κ3) is 5.14. The number of piperidine rings is 1. The van der Waals surface area contributed by atoms with Gasteiger partial charge in [0, 0.05) is 13.1 Å². The smallest absolute Gasteiger partial charge is 0.236 e. The van der Waals surface area contributed by atoms with Crippen molar-refractivity contribution >= 4 is 5.91 Å². The summed E-state index contributed by atoms with van der Waals surface area (Å²) >= 11 is 0. The number of amides is 1. The average molecular weight is 214 g/mol. The molecule has 0 bridgehead atoms. The number of hydrogen-bond acceptors (Lipinski definition) is 3. The number of aliphatic hydroxyl groups excluding tert-OH is 1. The molecule has 0 aromatic heterocycles. The van der Waals surface area contributed by atoms with E-state index in [1.54, 1.807) is 6.92 Å². The number of likely N-dealkylation sites (tertiary alicyclic amines) is 1. The molecule has 0 radical (unpaired) electrons. The molecular weight excluding hydrogens is 192 g/mol. The lowest BCUT2D eigenvalue weighted by molar-refractivity contribution is -0.131. The van der Waals surface area contributed by atoms with E-state index >= 15 is 0 Å². The molecule has 1 aliphatic heterocycles. The molecule has 1 fully saturated rings. The Morgan fingerprint density at radius 2 is 2.07 bits per heavy atom. The Labute approximate surface area is 91.6 Å². The van der Waals surface area contributed by atoms with Crippen molar-refractivity contribution in [1.82, 2.24) is 10.2 Å².